The summed E-state index contributed by atoms with van der Waals surface area (Å²) in [7, 11) is 0. The molecule has 0 saturated carbocycles. The fourth-order valence-electron chi connectivity index (χ4n) is 0.0373. The van der Waals surface area contributed by atoms with Crippen molar-refractivity contribution in [1.82, 2.24) is 0 Å². The Balaban J connectivity index is 3.58. The predicted octanol–water partition coefficient (Wildman–Crippen LogP) is -0.105. The smallest absolute Gasteiger partial charge is 0.128 e. The van der Waals surface area contributed by atoms with Crippen molar-refractivity contribution in [2.75, 3.05) is 6.61 Å². The highest BCUT2D eigenvalue weighted by molar-refractivity contribution is 5.59. The summed E-state index contributed by atoms with van der Waals surface area (Å²) in [5.41, 5.74) is -1.04. The quantitative estimate of drug-likeness (QED) is 0.492. The average molecular weight is 100 g/mol. The number of hydrogen-bond donors (Lipinski definition) is 1. The van der Waals surface area contributed by atoms with E-state index in [4.69, 9.17) is 12.0 Å². The van der Waals surface area contributed by atoms with Gasteiger partial charge in [0.1, 0.15) is 6.29 Å². The molecule has 7 heavy (non-hydrogen) atoms. The molecule has 0 spiro atoms. The minimum absolute atomic E-state index is 0.295. The Morgan fingerprint density at radius 2 is 2.43 bits per heavy atom. The third-order valence-corrected chi connectivity index (χ3v) is 0.610. The number of rotatable bonds is 2. The molecule has 0 aliphatic rings. The lowest BCUT2D eigenvalue weighted by atomic mass is 9.98. The first kappa shape index (κ1) is 6.63. The molecule has 0 aromatic heterocycles. The van der Waals surface area contributed by atoms with Crippen LogP contribution < -0.4 is 0 Å². The van der Waals surface area contributed by atoms with Crippen molar-refractivity contribution in [2.45, 2.75) is 6.92 Å². The lowest BCUT2D eigenvalue weighted by molar-refractivity contribution is -0.115. The van der Waals surface area contributed by atoms with Crippen molar-refractivity contribution in [1.29, 1.82) is 0 Å². The molecule has 2 radical (unpaired) electrons. The van der Waals surface area contributed by atoms with Crippen LogP contribution in [-0.4, -0.2) is 18.0 Å². The molecular weight excluding hydrogens is 92.1 g/mol. The van der Waals surface area contributed by atoms with E-state index in [-0.39, 0.29) is 6.61 Å². The van der Waals surface area contributed by atoms with Gasteiger partial charge in [-0.3, -0.25) is 0 Å². The van der Waals surface area contributed by atoms with E-state index in [1.807, 2.05) is 0 Å². The van der Waals surface area contributed by atoms with E-state index in [1.54, 1.807) is 0 Å². The van der Waals surface area contributed by atoms with Gasteiger partial charge in [0.25, 0.3) is 0 Å². The average Bonchev–Trinajstić information content (AvgIpc) is 1.68. The molecule has 0 aromatic carbocycles. The molecule has 40 valence electrons. The summed E-state index contributed by atoms with van der Waals surface area (Å²) in [4.78, 5) is 9.77. The molecule has 0 saturated heterocycles. The summed E-state index contributed by atoms with van der Waals surface area (Å²) in [5, 5.41) is 8.24. The zero-order chi connectivity index (χ0) is 5.91. The van der Waals surface area contributed by atoms with Gasteiger partial charge in [-0.05, 0) is 6.92 Å². The molecule has 1 N–H and O–H groups in total. The number of hydrogen-bond acceptors (Lipinski definition) is 2. The maximum Gasteiger partial charge on any atom is 0.128 e. The summed E-state index contributed by atoms with van der Waals surface area (Å²) in [6.45, 7) is 6.26. The van der Waals surface area contributed by atoms with Crippen molar-refractivity contribution in [3.8, 4) is 0 Å². The van der Waals surface area contributed by atoms with E-state index >= 15 is 0 Å². The molecule has 0 heterocycles. The van der Waals surface area contributed by atoms with Crippen molar-refractivity contribution in [2.24, 2.45) is 5.41 Å². The predicted molar refractivity (Wildman–Crippen MR) is 25.6 cm³/mol. The van der Waals surface area contributed by atoms with Crippen LogP contribution in [0.2, 0.25) is 0 Å². The van der Waals surface area contributed by atoms with Gasteiger partial charge in [0.2, 0.25) is 0 Å². The van der Waals surface area contributed by atoms with Gasteiger partial charge in [-0.2, -0.15) is 0 Å². The lowest BCUT2D eigenvalue weighted by Crippen LogP contribution is -2.17. The number of aldehydes is 1. The summed E-state index contributed by atoms with van der Waals surface area (Å²) >= 11 is 0. The summed E-state index contributed by atoms with van der Waals surface area (Å²) in [5.74, 6) is 0. The molecule has 0 rings (SSSR count). The largest absolute Gasteiger partial charge is 0.395 e. The van der Waals surface area contributed by atoms with Crippen LogP contribution >= 0.6 is 0 Å². The highest BCUT2D eigenvalue weighted by Gasteiger charge is 2.13. The zero-order valence-corrected chi connectivity index (χ0v) is 4.22. The Hall–Kier alpha value is -0.370. The molecule has 0 unspecified atom stereocenters. The Bertz CT molecular complexity index is 66.5. The SMILES string of the molecule is [CH][C@](C)(C=O)CO. The minimum atomic E-state index is -1.04. The van der Waals surface area contributed by atoms with Crippen LogP contribution in [0.4, 0.5) is 0 Å². The molecule has 0 aromatic rings. The van der Waals surface area contributed by atoms with Gasteiger partial charge in [0.05, 0.1) is 6.61 Å². The van der Waals surface area contributed by atoms with Crippen molar-refractivity contribution < 1.29 is 9.90 Å². The summed E-state index contributed by atoms with van der Waals surface area (Å²) in [6.07, 6.45) is 0.521. The molecular formula is C5H8O2. The first-order chi connectivity index (χ1) is 3.12. The van der Waals surface area contributed by atoms with Crippen LogP contribution in [0.15, 0.2) is 0 Å². The van der Waals surface area contributed by atoms with Gasteiger partial charge >= 0.3 is 0 Å². The maximum absolute atomic E-state index is 9.77. The molecule has 2 nitrogen and oxygen atoms in total. The zero-order valence-electron chi connectivity index (χ0n) is 4.22. The normalized spacial score (nSPS) is 11.3. The van der Waals surface area contributed by atoms with Gasteiger partial charge in [0, 0.05) is 5.41 Å². The Morgan fingerprint density at radius 1 is 2.00 bits per heavy atom. The highest BCUT2D eigenvalue weighted by atomic mass is 16.3. The fourth-order valence-corrected chi connectivity index (χ4v) is 0.0373. The second-order valence-corrected chi connectivity index (χ2v) is 1.78. The van der Waals surface area contributed by atoms with Gasteiger partial charge < -0.3 is 9.90 Å². The maximum atomic E-state index is 9.77. The molecule has 0 amide bonds. The molecule has 1 atom stereocenters. The molecule has 0 bridgehead atoms. The molecule has 0 aliphatic carbocycles. The Kier molecular flexibility index (Phi) is 1.96. The van der Waals surface area contributed by atoms with E-state index < -0.39 is 5.41 Å². The van der Waals surface area contributed by atoms with Crippen LogP contribution in [0, 0.1) is 12.3 Å². The molecule has 2 heteroatoms. The van der Waals surface area contributed by atoms with Gasteiger partial charge in [-0.15, -0.1) is 0 Å². The van der Waals surface area contributed by atoms with E-state index in [0.717, 1.165) is 0 Å². The monoisotopic (exact) mass is 100 g/mol. The van der Waals surface area contributed by atoms with E-state index in [2.05, 4.69) is 0 Å². The second kappa shape index (κ2) is 2.07. The Morgan fingerprint density at radius 3 is 2.43 bits per heavy atom. The Labute approximate surface area is 43.2 Å². The van der Waals surface area contributed by atoms with E-state index in [9.17, 15) is 4.79 Å². The number of aliphatic hydroxyl groups is 1. The van der Waals surface area contributed by atoms with E-state index in [1.165, 1.54) is 6.92 Å². The van der Waals surface area contributed by atoms with Crippen LogP contribution in [0.25, 0.3) is 0 Å². The van der Waals surface area contributed by atoms with Gasteiger partial charge in [0.15, 0.2) is 0 Å². The second-order valence-electron chi connectivity index (χ2n) is 1.78. The first-order valence-corrected chi connectivity index (χ1v) is 1.98. The van der Waals surface area contributed by atoms with Crippen molar-refractivity contribution >= 4 is 6.29 Å². The van der Waals surface area contributed by atoms with Gasteiger partial charge in [-0.25, -0.2) is 0 Å². The number of carbonyl (C=O) groups is 1. The van der Waals surface area contributed by atoms with Gasteiger partial charge in [-0.1, -0.05) is 6.92 Å². The van der Waals surface area contributed by atoms with Crippen molar-refractivity contribution in [3.63, 3.8) is 0 Å². The van der Waals surface area contributed by atoms with Crippen LogP contribution in [-0.2, 0) is 4.79 Å². The fraction of sp³-hybridized carbons (Fsp3) is 0.600. The van der Waals surface area contributed by atoms with Crippen LogP contribution in [0.5, 0.6) is 0 Å². The van der Waals surface area contributed by atoms with E-state index in [0.29, 0.717) is 6.29 Å². The molecule has 0 aliphatic heterocycles. The third-order valence-electron chi connectivity index (χ3n) is 0.610. The minimum Gasteiger partial charge on any atom is -0.395 e. The topological polar surface area (TPSA) is 37.3 Å². The first-order valence-electron chi connectivity index (χ1n) is 1.98. The van der Waals surface area contributed by atoms with Crippen LogP contribution in [0.3, 0.4) is 0 Å². The highest BCUT2D eigenvalue weighted by Crippen LogP contribution is 2.06. The summed E-state index contributed by atoms with van der Waals surface area (Å²) in [6, 6.07) is 0. The number of aliphatic hydroxyl groups excluding tert-OH is 1. The van der Waals surface area contributed by atoms with Crippen LogP contribution in [0.1, 0.15) is 6.92 Å². The lowest BCUT2D eigenvalue weighted by Gasteiger charge is -2.09. The standard InChI is InChI=1S/C5H8O2/c1-5(2,3-6)4-7/h1,3,7H,4H2,2H3/t5-/m0/s1. The van der Waals surface area contributed by atoms with Crippen molar-refractivity contribution in [3.05, 3.63) is 6.92 Å². The number of carbonyl (C=O) groups excluding carboxylic acids is 1. The summed E-state index contributed by atoms with van der Waals surface area (Å²) < 4.78 is 0. The third kappa shape index (κ3) is 2.34. The molecule has 0 fully saturated rings.